The zero-order valence-corrected chi connectivity index (χ0v) is 20.1. The van der Waals surface area contributed by atoms with Crippen LogP contribution in [0.1, 0.15) is 24.2 Å². The van der Waals surface area contributed by atoms with Crippen LogP contribution < -0.4 is 15.4 Å². The molecule has 190 valence electrons. The van der Waals surface area contributed by atoms with E-state index in [0.29, 0.717) is 50.6 Å². The number of nitrogens with zero attached hydrogens (tertiary/aromatic N) is 1. The number of imidazole rings is 1. The molecule has 1 aromatic carbocycles. The average Bonchev–Trinajstić information content (AvgIpc) is 3.58. The van der Waals surface area contributed by atoms with Gasteiger partial charge in [0.1, 0.15) is 11.4 Å². The van der Waals surface area contributed by atoms with Gasteiger partial charge < -0.3 is 34.5 Å². The van der Waals surface area contributed by atoms with Crippen LogP contribution in [-0.2, 0) is 9.53 Å². The van der Waals surface area contributed by atoms with E-state index in [4.69, 9.17) is 13.9 Å². The Kier molecular flexibility index (Phi) is 5.72. The van der Waals surface area contributed by atoms with Crippen molar-refractivity contribution in [2.24, 2.45) is 0 Å². The number of anilines is 1. The van der Waals surface area contributed by atoms with Crippen LogP contribution in [0.4, 0.5) is 19.3 Å². The number of aromatic nitrogens is 3. The van der Waals surface area contributed by atoms with Crippen LogP contribution in [0.25, 0.3) is 11.0 Å². The predicted octanol–water partition coefficient (Wildman–Crippen LogP) is 4.43. The number of rotatable bonds is 5. The molecule has 3 aromatic heterocycles. The average molecular weight is 528 g/mol. The Morgan fingerprint density at radius 2 is 2.08 bits per heavy atom. The van der Waals surface area contributed by atoms with E-state index in [1.54, 1.807) is 25.3 Å². The maximum Gasteiger partial charge on any atom is 0.515 e. The van der Waals surface area contributed by atoms with E-state index >= 15 is 0 Å². The molecule has 2 aliphatic rings. The highest BCUT2D eigenvalue weighted by Gasteiger charge is 2.39. The number of fused-ring (bicyclic) bond motifs is 2. The summed E-state index contributed by atoms with van der Waals surface area (Å²) in [7, 11) is 0. The molecule has 6 rings (SSSR count). The summed E-state index contributed by atoms with van der Waals surface area (Å²) in [4.78, 5) is 35.0. The van der Waals surface area contributed by atoms with Gasteiger partial charge in [-0.1, -0.05) is 0 Å². The number of nitrogens with one attached hydrogen (secondary N) is 4. The Hall–Kier alpha value is -4.10. The van der Waals surface area contributed by atoms with Gasteiger partial charge in [-0.05, 0) is 30.8 Å². The Morgan fingerprint density at radius 3 is 2.92 bits per heavy atom. The zero-order chi connectivity index (χ0) is 25.7. The Bertz CT molecular complexity index is 1550. The third-order valence-corrected chi connectivity index (χ3v) is 6.80. The molecule has 2 aliphatic heterocycles. The molecule has 10 nitrogen and oxygen atoms in total. The van der Waals surface area contributed by atoms with E-state index < -0.39 is 23.7 Å². The number of benzene rings is 1. The highest BCUT2D eigenvalue weighted by atomic mass is 32.2. The van der Waals surface area contributed by atoms with Gasteiger partial charge in [-0.15, -0.1) is 0 Å². The number of carbonyl (C=O) groups is 2. The number of aromatic amines is 2. The number of ketones is 1. The number of furan rings is 1. The molecule has 4 aromatic rings. The maximum absolute atomic E-state index is 13.6. The van der Waals surface area contributed by atoms with Crippen LogP contribution in [-0.4, -0.2) is 46.6 Å². The normalized spacial score (nSPS) is 16.9. The number of carbonyl (C=O) groups excluding carboxylic acids is 2. The summed E-state index contributed by atoms with van der Waals surface area (Å²) in [5.41, 5.74) is 3.00. The first-order chi connectivity index (χ1) is 17.9. The van der Waals surface area contributed by atoms with Crippen LogP contribution in [0.15, 0.2) is 56.4 Å². The lowest BCUT2D eigenvalue weighted by Crippen LogP contribution is -2.39. The Morgan fingerprint density at radius 1 is 1.24 bits per heavy atom. The largest absolute Gasteiger partial charge is 0.515 e. The fourth-order valence-electron chi connectivity index (χ4n) is 4.46. The SMILES string of the molecule is CCOC(=O)Oc1[nH]cc2c1NC1=C(C(=O)CNC1)C2c1ccc(Sc2nc3cc(F)c(F)cc3[nH]2)o1. The molecule has 0 fully saturated rings. The van der Waals surface area contributed by atoms with Crippen molar-refractivity contribution in [2.45, 2.75) is 23.1 Å². The van der Waals surface area contributed by atoms with Gasteiger partial charge in [0.25, 0.3) is 0 Å². The molecule has 0 bridgehead atoms. The molecule has 0 spiro atoms. The van der Waals surface area contributed by atoms with Crippen molar-refractivity contribution < 1.29 is 32.3 Å². The smallest absolute Gasteiger partial charge is 0.453 e. The first-order valence-electron chi connectivity index (χ1n) is 11.3. The Balaban J connectivity index is 1.34. The first kappa shape index (κ1) is 23.3. The zero-order valence-electron chi connectivity index (χ0n) is 19.2. The lowest BCUT2D eigenvalue weighted by atomic mass is 9.82. The molecule has 0 saturated carbocycles. The minimum atomic E-state index is -0.980. The van der Waals surface area contributed by atoms with Gasteiger partial charge >= 0.3 is 6.16 Å². The second kappa shape index (κ2) is 9.09. The highest BCUT2D eigenvalue weighted by Crippen LogP contribution is 2.47. The lowest BCUT2D eigenvalue weighted by Gasteiger charge is -2.31. The van der Waals surface area contributed by atoms with Gasteiger partial charge in [0.05, 0.1) is 30.1 Å². The van der Waals surface area contributed by atoms with Crippen molar-refractivity contribution in [3.05, 3.63) is 64.7 Å². The quantitative estimate of drug-likeness (QED) is 0.278. The first-order valence-corrected chi connectivity index (χ1v) is 12.1. The van der Waals surface area contributed by atoms with Gasteiger partial charge in [0.2, 0.25) is 5.88 Å². The number of Topliss-reactive ketones (excluding diaryl/α,β-unsaturated/α-hetero) is 1. The topological polar surface area (TPSA) is 134 Å². The summed E-state index contributed by atoms with van der Waals surface area (Å²) < 4.78 is 43.4. The van der Waals surface area contributed by atoms with Crippen molar-refractivity contribution >= 4 is 40.4 Å². The third kappa shape index (κ3) is 4.15. The molecule has 13 heteroatoms. The number of H-pyrrole nitrogens is 2. The van der Waals surface area contributed by atoms with Crippen molar-refractivity contribution in [3.8, 4) is 5.88 Å². The molecule has 0 aliphatic carbocycles. The van der Waals surface area contributed by atoms with Gasteiger partial charge in [-0.2, -0.15) is 0 Å². The highest BCUT2D eigenvalue weighted by molar-refractivity contribution is 7.99. The lowest BCUT2D eigenvalue weighted by molar-refractivity contribution is -0.115. The van der Waals surface area contributed by atoms with E-state index in [9.17, 15) is 18.4 Å². The van der Waals surface area contributed by atoms with Crippen LogP contribution in [0, 0.1) is 11.6 Å². The van der Waals surface area contributed by atoms with E-state index in [1.807, 2.05) is 0 Å². The standard InChI is InChI=1S/C24H19F2N5O5S/c1-2-34-24(33)36-22-21-10(7-28-22)19(20-15(29-21)8-27-9-16(20)32)17-3-4-18(35-17)37-23-30-13-5-11(25)12(26)6-14(13)31-23/h3-7,19,27-29H,2,8-9H2,1H3,(H,30,31). The summed E-state index contributed by atoms with van der Waals surface area (Å²) in [6.07, 6.45) is 0.795. The second-order valence-electron chi connectivity index (χ2n) is 8.29. The molecule has 5 heterocycles. The molecule has 4 N–H and O–H groups in total. The van der Waals surface area contributed by atoms with Crippen LogP contribution in [0.5, 0.6) is 5.88 Å². The van der Waals surface area contributed by atoms with Gasteiger partial charge in [0, 0.05) is 41.7 Å². The number of hydrogen-bond acceptors (Lipinski definition) is 9. The molecule has 1 unspecified atom stereocenters. The van der Waals surface area contributed by atoms with E-state index in [1.165, 1.54) is 0 Å². The molecular formula is C24H19F2N5O5S. The summed E-state index contributed by atoms with van der Waals surface area (Å²) in [5.74, 6) is -1.96. The van der Waals surface area contributed by atoms with Crippen molar-refractivity contribution in [3.63, 3.8) is 0 Å². The number of ether oxygens (including phenoxy) is 2. The van der Waals surface area contributed by atoms with E-state index in [0.717, 1.165) is 23.9 Å². The molecule has 0 radical (unpaired) electrons. The van der Waals surface area contributed by atoms with Crippen molar-refractivity contribution in [2.75, 3.05) is 25.0 Å². The summed E-state index contributed by atoms with van der Waals surface area (Å²) >= 11 is 1.14. The molecule has 0 saturated heterocycles. The van der Waals surface area contributed by atoms with Gasteiger partial charge in [0.15, 0.2) is 27.7 Å². The Labute approximate surface area is 211 Å². The summed E-state index contributed by atoms with van der Waals surface area (Å²) in [6.45, 7) is 2.42. The fraction of sp³-hybridized carbons (Fsp3) is 0.208. The van der Waals surface area contributed by atoms with Crippen molar-refractivity contribution in [1.29, 1.82) is 0 Å². The van der Waals surface area contributed by atoms with E-state index in [2.05, 4.69) is 25.6 Å². The minimum absolute atomic E-state index is 0.0922. The van der Waals surface area contributed by atoms with Gasteiger partial charge in [-0.3, -0.25) is 4.79 Å². The molecular weight excluding hydrogens is 508 g/mol. The van der Waals surface area contributed by atoms with Crippen LogP contribution >= 0.6 is 11.8 Å². The number of halogens is 2. The monoisotopic (exact) mass is 527 g/mol. The maximum atomic E-state index is 13.6. The molecule has 0 amide bonds. The molecule has 1 atom stereocenters. The van der Waals surface area contributed by atoms with Crippen LogP contribution in [0.2, 0.25) is 0 Å². The van der Waals surface area contributed by atoms with Crippen molar-refractivity contribution in [1.82, 2.24) is 20.3 Å². The predicted molar refractivity (Wildman–Crippen MR) is 128 cm³/mol. The number of hydrogen-bond donors (Lipinski definition) is 4. The second-order valence-corrected chi connectivity index (χ2v) is 9.29. The minimum Gasteiger partial charge on any atom is -0.453 e. The summed E-state index contributed by atoms with van der Waals surface area (Å²) in [6, 6.07) is 5.55. The molecule has 37 heavy (non-hydrogen) atoms. The van der Waals surface area contributed by atoms with Gasteiger partial charge in [-0.25, -0.2) is 18.6 Å². The van der Waals surface area contributed by atoms with E-state index in [-0.39, 0.29) is 30.3 Å². The summed E-state index contributed by atoms with van der Waals surface area (Å²) in [5, 5.41) is 7.10. The third-order valence-electron chi connectivity index (χ3n) is 6.00. The van der Waals surface area contributed by atoms with Crippen LogP contribution in [0.3, 0.4) is 0 Å². The fourth-order valence-corrected chi connectivity index (χ4v) is 5.23.